The van der Waals surface area contributed by atoms with Crippen LogP contribution in [0.4, 0.5) is 0 Å². The van der Waals surface area contributed by atoms with Crippen LogP contribution >= 0.6 is 0 Å². The molecule has 1 aromatic carbocycles. The molecule has 5 nitrogen and oxygen atoms in total. The van der Waals surface area contributed by atoms with Crippen molar-refractivity contribution >= 4 is 16.9 Å². The van der Waals surface area contributed by atoms with E-state index in [2.05, 4.69) is 6.92 Å². The highest BCUT2D eigenvalue weighted by molar-refractivity contribution is 5.95. The summed E-state index contributed by atoms with van der Waals surface area (Å²) in [4.78, 5) is 22.7. The molecule has 112 valence electrons. The second-order valence-electron chi connectivity index (χ2n) is 5.14. The molecule has 3 N–H and O–H groups in total. The summed E-state index contributed by atoms with van der Waals surface area (Å²) in [5.74, 6) is -0.711. The minimum Gasteiger partial charge on any atom is -0.508 e. The van der Waals surface area contributed by atoms with Crippen LogP contribution in [0.1, 0.15) is 48.5 Å². The number of phenolic OH excluding ortho intramolecular Hbond substituents is 1. The molecule has 0 spiro atoms. The maximum Gasteiger partial charge on any atom is 0.349 e. The molecule has 0 atom stereocenters. The van der Waals surface area contributed by atoms with Crippen LogP contribution < -0.4 is 11.4 Å². The summed E-state index contributed by atoms with van der Waals surface area (Å²) in [6, 6.07) is 4.57. The molecule has 1 aromatic heterocycles. The average molecular weight is 289 g/mol. The Kier molecular flexibility index (Phi) is 4.62. The molecule has 0 saturated heterocycles. The van der Waals surface area contributed by atoms with E-state index >= 15 is 0 Å². The van der Waals surface area contributed by atoms with Crippen LogP contribution in [-0.4, -0.2) is 11.0 Å². The van der Waals surface area contributed by atoms with Gasteiger partial charge in [0.05, 0.1) is 0 Å². The molecule has 0 aliphatic heterocycles. The van der Waals surface area contributed by atoms with Crippen LogP contribution in [0, 0.1) is 0 Å². The van der Waals surface area contributed by atoms with Crippen LogP contribution in [0.2, 0.25) is 0 Å². The summed E-state index contributed by atoms with van der Waals surface area (Å²) in [6.07, 6.45) is 5.13. The molecule has 5 heteroatoms. The lowest BCUT2D eigenvalue weighted by Gasteiger charge is -2.07. The number of carbonyl (C=O) groups excluding carboxylic acids is 1. The first-order chi connectivity index (χ1) is 10.0. The number of hydrogen-bond acceptors (Lipinski definition) is 4. The quantitative estimate of drug-likeness (QED) is 0.631. The number of aromatic hydroxyl groups is 1. The fraction of sp³-hybridized carbons (Fsp3) is 0.375. The van der Waals surface area contributed by atoms with Crippen molar-refractivity contribution in [3.63, 3.8) is 0 Å². The van der Waals surface area contributed by atoms with Gasteiger partial charge in [-0.15, -0.1) is 0 Å². The zero-order valence-electron chi connectivity index (χ0n) is 12.0. The van der Waals surface area contributed by atoms with Gasteiger partial charge in [0, 0.05) is 11.5 Å². The van der Waals surface area contributed by atoms with Crippen molar-refractivity contribution in [1.29, 1.82) is 0 Å². The summed E-state index contributed by atoms with van der Waals surface area (Å²) in [7, 11) is 0. The van der Waals surface area contributed by atoms with E-state index in [0.29, 0.717) is 5.39 Å². The first-order valence-electron chi connectivity index (χ1n) is 7.12. The second kappa shape index (κ2) is 6.43. The first kappa shape index (κ1) is 15.1. The maximum absolute atomic E-state index is 11.6. The molecule has 0 fully saturated rings. The molecule has 0 bridgehead atoms. The first-order valence-corrected chi connectivity index (χ1v) is 7.12. The van der Waals surface area contributed by atoms with Gasteiger partial charge >= 0.3 is 5.63 Å². The van der Waals surface area contributed by atoms with Gasteiger partial charge in [-0.3, -0.25) is 4.79 Å². The van der Waals surface area contributed by atoms with Crippen LogP contribution in [0.5, 0.6) is 5.75 Å². The number of hydrogen-bond donors (Lipinski definition) is 2. The Labute approximate surface area is 122 Å². The largest absolute Gasteiger partial charge is 0.508 e. The fourth-order valence-corrected chi connectivity index (χ4v) is 2.32. The van der Waals surface area contributed by atoms with Crippen molar-refractivity contribution in [2.45, 2.75) is 39.0 Å². The number of nitrogens with two attached hydrogens (primary N) is 1. The number of aryl methyl sites for hydroxylation is 1. The molecular weight excluding hydrogens is 270 g/mol. The molecule has 0 saturated carbocycles. The van der Waals surface area contributed by atoms with E-state index in [1.807, 2.05) is 0 Å². The lowest BCUT2D eigenvalue weighted by Crippen LogP contribution is -2.20. The topological polar surface area (TPSA) is 93.5 Å². The van der Waals surface area contributed by atoms with E-state index in [1.165, 1.54) is 12.1 Å². The molecule has 1 amide bonds. The van der Waals surface area contributed by atoms with Crippen molar-refractivity contribution in [3.8, 4) is 5.75 Å². The van der Waals surface area contributed by atoms with Crippen molar-refractivity contribution in [2.24, 2.45) is 5.73 Å². The van der Waals surface area contributed by atoms with Crippen LogP contribution in [0.3, 0.4) is 0 Å². The van der Waals surface area contributed by atoms with E-state index in [-0.39, 0.29) is 16.9 Å². The normalized spacial score (nSPS) is 10.9. The predicted molar refractivity (Wildman–Crippen MR) is 80.5 cm³/mol. The molecule has 0 aliphatic carbocycles. The molecular formula is C16H19NO4. The number of unbranched alkanes of at least 4 members (excludes halogenated alkanes) is 3. The summed E-state index contributed by atoms with van der Waals surface area (Å²) >= 11 is 0. The molecule has 0 radical (unpaired) electrons. The number of carbonyl (C=O) groups is 1. The fourth-order valence-electron chi connectivity index (χ4n) is 2.32. The monoisotopic (exact) mass is 289 g/mol. The van der Waals surface area contributed by atoms with Gasteiger partial charge < -0.3 is 15.3 Å². The molecule has 2 rings (SSSR count). The SMILES string of the molecule is CCCCCCc1cc2cc(C(N)=O)c(=O)oc2cc1O. The van der Waals surface area contributed by atoms with Crippen molar-refractivity contribution in [3.05, 3.63) is 39.7 Å². The zero-order chi connectivity index (χ0) is 15.4. The number of primary amides is 1. The molecule has 2 aromatic rings. The summed E-state index contributed by atoms with van der Waals surface area (Å²) in [5.41, 5.74) is 5.21. The number of amides is 1. The molecule has 0 unspecified atom stereocenters. The third kappa shape index (κ3) is 3.42. The standard InChI is InChI=1S/C16H19NO4/c1-2-3-4-5-6-10-7-11-8-12(15(17)19)16(20)21-14(11)9-13(10)18/h7-9,18H,2-6H2,1H3,(H2,17,19). The Balaban J connectivity index is 2.36. The van der Waals surface area contributed by atoms with Gasteiger partial charge in [0.25, 0.3) is 5.91 Å². The minimum atomic E-state index is -0.816. The Morgan fingerprint density at radius 2 is 2.00 bits per heavy atom. The van der Waals surface area contributed by atoms with Gasteiger partial charge in [0.15, 0.2) is 0 Å². The molecule has 21 heavy (non-hydrogen) atoms. The van der Waals surface area contributed by atoms with Crippen LogP contribution in [0.15, 0.2) is 27.4 Å². The third-order valence-electron chi connectivity index (χ3n) is 3.50. The number of phenols is 1. The number of fused-ring (bicyclic) bond motifs is 1. The van der Waals surface area contributed by atoms with Gasteiger partial charge in [-0.2, -0.15) is 0 Å². The van der Waals surface area contributed by atoms with Crippen LogP contribution in [0.25, 0.3) is 11.0 Å². The van der Waals surface area contributed by atoms with Gasteiger partial charge in [-0.25, -0.2) is 4.79 Å². The number of rotatable bonds is 6. The van der Waals surface area contributed by atoms with E-state index in [0.717, 1.165) is 37.7 Å². The molecule has 1 heterocycles. The Bertz CT molecular complexity index is 718. The molecule has 0 aliphatic rings. The van der Waals surface area contributed by atoms with E-state index in [1.54, 1.807) is 6.07 Å². The minimum absolute atomic E-state index is 0.106. The van der Waals surface area contributed by atoms with Gasteiger partial charge in [0.1, 0.15) is 16.9 Å². The Hall–Kier alpha value is -2.30. The van der Waals surface area contributed by atoms with Crippen LogP contribution in [-0.2, 0) is 6.42 Å². The third-order valence-corrected chi connectivity index (χ3v) is 3.50. The highest BCUT2D eigenvalue weighted by Crippen LogP contribution is 2.26. The Morgan fingerprint density at radius 3 is 2.67 bits per heavy atom. The van der Waals surface area contributed by atoms with Gasteiger partial charge in [-0.05, 0) is 30.5 Å². The highest BCUT2D eigenvalue weighted by Gasteiger charge is 2.12. The van der Waals surface area contributed by atoms with E-state index < -0.39 is 11.5 Å². The summed E-state index contributed by atoms with van der Waals surface area (Å²) in [5, 5.41) is 10.6. The summed E-state index contributed by atoms with van der Waals surface area (Å²) < 4.78 is 5.02. The zero-order valence-corrected chi connectivity index (χ0v) is 12.0. The Morgan fingerprint density at radius 1 is 1.24 bits per heavy atom. The maximum atomic E-state index is 11.6. The van der Waals surface area contributed by atoms with E-state index in [9.17, 15) is 14.7 Å². The van der Waals surface area contributed by atoms with Crippen molar-refractivity contribution in [2.75, 3.05) is 0 Å². The predicted octanol–water partition coefficient (Wildman–Crippen LogP) is 2.72. The highest BCUT2D eigenvalue weighted by atomic mass is 16.4. The smallest absolute Gasteiger partial charge is 0.349 e. The van der Waals surface area contributed by atoms with E-state index in [4.69, 9.17) is 10.2 Å². The van der Waals surface area contributed by atoms with Crippen molar-refractivity contribution in [1.82, 2.24) is 0 Å². The van der Waals surface area contributed by atoms with Crippen molar-refractivity contribution < 1.29 is 14.3 Å². The average Bonchev–Trinajstić information content (AvgIpc) is 2.43. The lowest BCUT2D eigenvalue weighted by molar-refractivity contribution is 0.0997. The lowest BCUT2D eigenvalue weighted by atomic mass is 10.0. The van der Waals surface area contributed by atoms with Gasteiger partial charge in [0.2, 0.25) is 0 Å². The van der Waals surface area contributed by atoms with Gasteiger partial charge in [-0.1, -0.05) is 26.2 Å². The second-order valence-corrected chi connectivity index (χ2v) is 5.14. The summed E-state index contributed by atoms with van der Waals surface area (Å²) in [6.45, 7) is 2.14. The number of benzene rings is 1.